The summed E-state index contributed by atoms with van der Waals surface area (Å²) in [5.74, 6) is -0.455. The SMILES string of the molecule is Cc1ccc2c(c1F)N(Cc1ccc(Cl)cc1)C(=O)N(C(=O)OC(C)(C)C)CS2.O=CO. The van der Waals surface area contributed by atoms with Crippen LogP contribution in [0, 0.1) is 12.7 Å². The first-order valence-corrected chi connectivity index (χ1v) is 10.9. The van der Waals surface area contributed by atoms with E-state index in [-0.39, 0.29) is 24.6 Å². The summed E-state index contributed by atoms with van der Waals surface area (Å²) in [6, 6.07) is 9.72. The number of halogens is 2. The van der Waals surface area contributed by atoms with Crippen LogP contribution in [-0.4, -0.2) is 40.1 Å². The molecule has 0 radical (unpaired) electrons. The largest absolute Gasteiger partial charge is 0.483 e. The van der Waals surface area contributed by atoms with Gasteiger partial charge in [-0.1, -0.05) is 29.8 Å². The summed E-state index contributed by atoms with van der Waals surface area (Å²) in [6.45, 7) is 6.65. The Morgan fingerprint density at radius 3 is 2.41 bits per heavy atom. The Morgan fingerprint density at radius 1 is 1.25 bits per heavy atom. The van der Waals surface area contributed by atoms with E-state index >= 15 is 4.39 Å². The molecule has 1 N–H and O–H groups in total. The quantitative estimate of drug-likeness (QED) is 0.535. The van der Waals surface area contributed by atoms with Gasteiger partial charge in [0.05, 0.1) is 18.1 Å². The van der Waals surface area contributed by atoms with Crippen molar-refractivity contribution in [3.8, 4) is 0 Å². The zero-order valence-electron chi connectivity index (χ0n) is 18.1. The van der Waals surface area contributed by atoms with Crippen molar-refractivity contribution >= 4 is 47.6 Å². The van der Waals surface area contributed by atoms with Gasteiger partial charge in [0.2, 0.25) is 0 Å². The van der Waals surface area contributed by atoms with Gasteiger partial charge in [0.25, 0.3) is 6.47 Å². The fourth-order valence-corrected chi connectivity index (χ4v) is 3.92. The van der Waals surface area contributed by atoms with Crippen LogP contribution < -0.4 is 4.90 Å². The van der Waals surface area contributed by atoms with Crippen LogP contribution in [-0.2, 0) is 16.1 Å². The summed E-state index contributed by atoms with van der Waals surface area (Å²) in [4.78, 5) is 37.2. The first kappa shape index (κ1) is 25.5. The molecule has 3 amide bonds. The molecule has 3 rings (SSSR count). The van der Waals surface area contributed by atoms with Gasteiger partial charge >= 0.3 is 12.1 Å². The van der Waals surface area contributed by atoms with E-state index in [4.69, 9.17) is 26.2 Å². The van der Waals surface area contributed by atoms with Gasteiger partial charge in [0.1, 0.15) is 5.60 Å². The summed E-state index contributed by atoms with van der Waals surface area (Å²) < 4.78 is 20.5. The van der Waals surface area contributed by atoms with E-state index < -0.39 is 23.5 Å². The number of hydrogen-bond acceptors (Lipinski definition) is 5. The van der Waals surface area contributed by atoms with Gasteiger partial charge < -0.3 is 9.84 Å². The van der Waals surface area contributed by atoms with Gasteiger partial charge in [-0.3, -0.25) is 9.69 Å². The molecule has 0 fully saturated rings. The standard InChI is InChI=1S/C21H22ClFN2O3S.CH2O2/c1-13-5-10-16-18(17(13)23)24(11-14-6-8-15(22)9-7-14)19(26)25(12-29-16)20(27)28-21(2,3)4;2-1-3/h5-10H,11-12H2,1-4H3;1H,(H,2,3). The van der Waals surface area contributed by atoms with E-state index in [0.717, 1.165) is 10.5 Å². The van der Waals surface area contributed by atoms with Crippen LogP contribution in [0.15, 0.2) is 41.3 Å². The van der Waals surface area contributed by atoms with Crippen molar-refractivity contribution in [1.29, 1.82) is 0 Å². The summed E-state index contributed by atoms with van der Waals surface area (Å²) in [7, 11) is 0. The number of fused-ring (bicyclic) bond motifs is 1. The second kappa shape index (κ2) is 10.7. The number of carboxylic acid groups (broad SMARTS) is 1. The van der Waals surface area contributed by atoms with Crippen LogP contribution in [0.5, 0.6) is 0 Å². The van der Waals surface area contributed by atoms with E-state index in [9.17, 15) is 9.59 Å². The lowest BCUT2D eigenvalue weighted by molar-refractivity contribution is -0.122. The predicted octanol–water partition coefficient (Wildman–Crippen LogP) is 5.92. The number of ether oxygens (including phenoxy) is 1. The molecule has 2 aromatic carbocycles. The Labute approximate surface area is 195 Å². The third-order valence-electron chi connectivity index (χ3n) is 4.22. The first-order valence-electron chi connectivity index (χ1n) is 9.54. The van der Waals surface area contributed by atoms with E-state index in [0.29, 0.717) is 15.5 Å². The number of amides is 3. The lowest BCUT2D eigenvalue weighted by Gasteiger charge is -2.29. The van der Waals surface area contributed by atoms with Crippen molar-refractivity contribution in [3.05, 3.63) is 58.4 Å². The van der Waals surface area contributed by atoms with Gasteiger partial charge in [-0.2, -0.15) is 0 Å². The number of rotatable bonds is 2. The van der Waals surface area contributed by atoms with Crippen molar-refractivity contribution < 1.29 is 28.6 Å². The van der Waals surface area contributed by atoms with E-state index in [1.165, 1.54) is 16.7 Å². The second-order valence-corrected chi connectivity index (χ2v) is 9.25. The van der Waals surface area contributed by atoms with E-state index in [1.807, 2.05) is 0 Å². The summed E-state index contributed by atoms with van der Waals surface area (Å²) >= 11 is 7.17. The van der Waals surface area contributed by atoms with Crippen LogP contribution in [0.25, 0.3) is 0 Å². The molecule has 10 heteroatoms. The number of urea groups is 1. The molecule has 32 heavy (non-hydrogen) atoms. The summed E-state index contributed by atoms with van der Waals surface area (Å²) in [5, 5.41) is 7.45. The number of thioether (sulfide) groups is 1. The van der Waals surface area contributed by atoms with Gasteiger partial charge in [0.15, 0.2) is 5.82 Å². The van der Waals surface area contributed by atoms with Gasteiger partial charge in [0, 0.05) is 9.92 Å². The highest BCUT2D eigenvalue weighted by Crippen LogP contribution is 2.39. The summed E-state index contributed by atoms with van der Waals surface area (Å²) in [5.41, 5.74) is 0.583. The van der Waals surface area contributed by atoms with Crippen LogP contribution in [0.4, 0.5) is 19.7 Å². The Bertz CT molecular complexity index is 995. The van der Waals surface area contributed by atoms with Gasteiger partial charge in [-0.05, 0) is 57.0 Å². The molecule has 0 unspecified atom stereocenters. The first-order chi connectivity index (χ1) is 15.0. The van der Waals surface area contributed by atoms with Crippen molar-refractivity contribution in [2.75, 3.05) is 10.8 Å². The molecular weight excluding hydrogens is 459 g/mol. The van der Waals surface area contributed by atoms with Crippen LogP contribution >= 0.6 is 23.4 Å². The van der Waals surface area contributed by atoms with Crippen molar-refractivity contribution in [1.82, 2.24) is 4.90 Å². The number of imide groups is 1. The Morgan fingerprint density at radius 2 is 1.84 bits per heavy atom. The highest BCUT2D eigenvalue weighted by atomic mass is 35.5. The number of benzene rings is 2. The topological polar surface area (TPSA) is 87.2 Å². The molecule has 1 aliphatic rings. The Kier molecular flexibility index (Phi) is 8.51. The molecule has 0 atom stereocenters. The highest BCUT2D eigenvalue weighted by molar-refractivity contribution is 7.99. The Hall–Kier alpha value is -2.78. The third-order valence-corrected chi connectivity index (χ3v) is 5.50. The zero-order valence-corrected chi connectivity index (χ0v) is 19.7. The van der Waals surface area contributed by atoms with Crippen LogP contribution in [0.3, 0.4) is 0 Å². The smallest absolute Gasteiger partial charge is 0.419 e. The van der Waals surface area contributed by atoms with Crippen molar-refractivity contribution in [2.24, 2.45) is 0 Å². The lowest BCUT2D eigenvalue weighted by Crippen LogP contribution is -2.47. The van der Waals surface area contributed by atoms with Crippen molar-refractivity contribution in [3.63, 3.8) is 0 Å². The second-order valence-electron chi connectivity index (χ2n) is 7.83. The fourth-order valence-electron chi connectivity index (χ4n) is 2.81. The molecule has 0 aromatic heterocycles. The monoisotopic (exact) mass is 482 g/mol. The number of hydrogen-bond donors (Lipinski definition) is 1. The maximum Gasteiger partial charge on any atom is 0.419 e. The average Bonchev–Trinajstić information content (AvgIpc) is 2.83. The maximum absolute atomic E-state index is 15.1. The summed E-state index contributed by atoms with van der Waals surface area (Å²) in [6.07, 6.45) is -0.763. The molecule has 0 saturated heterocycles. The average molecular weight is 483 g/mol. The maximum atomic E-state index is 15.1. The Balaban J connectivity index is 0.00000114. The molecule has 0 spiro atoms. The molecule has 1 heterocycles. The molecule has 2 aromatic rings. The molecule has 0 saturated carbocycles. The van der Waals surface area contributed by atoms with Crippen LogP contribution in [0.2, 0.25) is 5.02 Å². The van der Waals surface area contributed by atoms with Gasteiger partial charge in [-0.15, -0.1) is 11.8 Å². The predicted molar refractivity (Wildman–Crippen MR) is 122 cm³/mol. The normalized spacial score (nSPS) is 13.5. The molecule has 0 bridgehead atoms. The third kappa shape index (κ3) is 6.37. The number of nitrogens with zero attached hydrogens (tertiary/aromatic N) is 2. The van der Waals surface area contributed by atoms with E-state index in [1.54, 1.807) is 64.1 Å². The molecule has 0 aliphatic carbocycles. The van der Waals surface area contributed by atoms with Crippen LogP contribution in [0.1, 0.15) is 31.9 Å². The number of carbonyl (C=O) groups is 3. The number of anilines is 1. The number of carbonyl (C=O) groups excluding carboxylic acids is 2. The zero-order chi connectivity index (χ0) is 24.1. The lowest BCUT2D eigenvalue weighted by atomic mass is 10.1. The number of aryl methyl sites for hydroxylation is 1. The molecule has 1 aliphatic heterocycles. The minimum Gasteiger partial charge on any atom is -0.483 e. The van der Waals surface area contributed by atoms with Crippen molar-refractivity contribution in [2.45, 2.75) is 44.7 Å². The molecule has 172 valence electrons. The molecular formula is C22H24ClFN2O5S. The van der Waals surface area contributed by atoms with Gasteiger partial charge in [-0.25, -0.2) is 18.9 Å². The minimum atomic E-state index is -0.763. The fraction of sp³-hybridized carbons (Fsp3) is 0.318. The highest BCUT2D eigenvalue weighted by Gasteiger charge is 2.36. The minimum absolute atomic E-state index is 0.0281. The van der Waals surface area contributed by atoms with E-state index in [2.05, 4.69) is 0 Å². The molecule has 7 nitrogen and oxygen atoms in total.